The molecule has 0 aromatic rings. The van der Waals surface area contributed by atoms with E-state index in [9.17, 15) is 4.79 Å². The summed E-state index contributed by atoms with van der Waals surface area (Å²) in [5.74, 6) is 0.121. The summed E-state index contributed by atoms with van der Waals surface area (Å²) in [6.45, 7) is 4.50. The van der Waals surface area contributed by atoms with Crippen molar-refractivity contribution < 1.29 is 14.6 Å². The minimum absolute atomic E-state index is 0.0804. The highest BCUT2D eigenvalue weighted by atomic mass is 16.5. The van der Waals surface area contributed by atoms with Gasteiger partial charge in [0.25, 0.3) is 0 Å². The van der Waals surface area contributed by atoms with Crippen LogP contribution in [0, 0.1) is 5.92 Å². The SMILES string of the molecule is CCC1CCCC(N2CCOCC2CC(=O)O)C1. The van der Waals surface area contributed by atoms with Gasteiger partial charge in [-0.2, -0.15) is 0 Å². The van der Waals surface area contributed by atoms with E-state index in [4.69, 9.17) is 9.84 Å². The third kappa shape index (κ3) is 3.45. The van der Waals surface area contributed by atoms with Crippen molar-refractivity contribution in [3.8, 4) is 0 Å². The Hall–Kier alpha value is -0.610. The minimum atomic E-state index is -0.710. The number of rotatable bonds is 4. The minimum Gasteiger partial charge on any atom is -0.481 e. The lowest BCUT2D eigenvalue weighted by Gasteiger charge is -2.43. The number of morpholine rings is 1. The zero-order chi connectivity index (χ0) is 13.0. The maximum Gasteiger partial charge on any atom is 0.305 e. The highest BCUT2D eigenvalue weighted by molar-refractivity contribution is 5.67. The van der Waals surface area contributed by atoms with Crippen molar-refractivity contribution in [2.24, 2.45) is 5.92 Å². The van der Waals surface area contributed by atoms with Crippen molar-refractivity contribution in [1.82, 2.24) is 4.90 Å². The smallest absolute Gasteiger partial charge is 0.305 e. The van der Waals surface area contributed by atoms with Crippen molar-refractivity contribution in [3.63, 3.8) is 0 Å². The Bertz CT molecular complexity index is 282. The van der Waals surface area contributed by atoms with Crippen LogP contribution in [0.25, 0.3) is 0 Å². The summed E-state index contributed by atoms with van der Waals surface area (Å²) in [7, 11) is 0. The molecular formula is C14H25NO3. The molecule has 1 N–H and O–H groups in total. The van der Waals surface area contributed by atoms with E-state index in [2.05, 4.69) is 11.8 Å². The molecule has 0 bridgehead atoms. The van der Waals surface area contributed by atoms with Gasteiger partial charge in [0.15, 0.2) is 0 Å². The van der Waals surface area contributed by atoms with Crippen LogP contribution in [0.4, 0.5) is 0 Å². The first kappa shape index (κ1) is 13.8. The molecule has 104 valence electrons. The fourth-order valence-electron chi connectivity index (χ4n) is 3.46. The standard InChI is InChI=1S/C14H25NO3/c1-2-11-4-3-5-12(8-11)15-6-7-18-10-13(15)9-14(16)17/h11-13H,2-10H2,1H3,(H,16,17). The number of hydrogen-bond donors (Lipinski definition) is 1. The quantitative estimate of drug-likeness (QED) is 0.836. The fraction of sp³-hybridized carbons (Fsp3) is 0.929. The van der Waals surface area contributed by atoms with Crippen molar-refractivity contribution in [1.29, 1.82) is 0 Å². The van der Waals surface area contributed by atoms with Gasteiger partial charge in [0, 0.05) is 18.6 Å². The zero-order valence-corrected chi connectivity index (χ0v) is 11.3. The Kier molecular flexibility index (Phi) is 5.01. The van der Waals surface area contributed by atoms with E-state index < -0.39 is 5.97 Å². The lowest BCUT2D eigenvalue weighted by Crippen LogP contribution is -2.52. The Labute approximate surface area is 109 Å². The summed E-state index contributed by atoms with van der Waals surface area (Å²) in [4.78, 5) is 13.4. The van der Waals surface area contributed by atoms with Crippen LogP contribution in [0.15, 0.2) is 0 Å². The Balaban J connectivity index is 1.96. The van der Waals surface area contributed by atoms with Crippen LogP contribution in [0.5, 0.6) is 0 Å². The largest absolute Gasteiger partial charge is 0.481 e. The predicted octanol–water partition coefficient (Wildman–Crippen LogP) is 2.13. The molecule has 2 aliphatic rings. The summed E-state index contributed by atoms with van der Waals surface area (Å²) >= 11 is 0. The van der Waals surface area contributed by atoms with E-state index in [1.807, 2.05) is 0 Å². The van der Waals surface area contributed by atoms with Crippen LogP contribution in [-0.4, -0.2) is 47.8 Å². The van der Waals surface area contributed by atoms with Crippen LogP contribution in [0.3, 0.4) is 0 Å². The van der Waals surface area contributed by atoms with Gasteiger partial charge in [0.2, 0.25) is 0 Å². The number of ether oxygens (including phenoxy) is 1. The summed E-state index contributed by atoms with van der Waals surface area (Å²) in [5, 5.41) is 9.00. The molecule has 4 nitrogen and oxygen atoms in total. The van der Waals surface area contributed by atoms with E-state index in [0.717, 1.165) is 19.1 Å². The van der Waals surface area contributed by atoms with Gasteiger partial charge in [-0.25, -0.2) is 0 Å². The topological polar surface area (TPSA) is 49.8 Å². The van der Waals surface area contributed by atoms with E-state index in [1.165, 1.54) is 32.1 Å². The first-order chi connectivity index (χ1) is 8.70. The number of aliphatic carboxylic acids is 1. The summed E-state index contributed by atoms with van der Waals surface area (Å²) < 4.78 is 5.45. The highest BCUT2D eigenvalue weighted by Crippen LogP contribution is 2.31. The van der Waals surface area contributed by atoms with Crippen molar-refractivity contribution >= 4 is 5.97 Å². The summed E-state index contributed by atoms with van der Waals surface area (Å²) in [6.07, 6.45) is 6.58. The monoisotopic (exact) mass is 255 g/mol. The van der Waals surface area contributed by atoms with Crippen LogP contribution in [0.1, 0.15) is 45.4 Å². The molecule has 1 aliphatic heterocycles. The Morgan fingerprint density at radius 3 is 3.00 bits per heavy atom. The third-order valence-corrected chi connectivity index (χ3v) is 4.48. The van der Waals surface area contributed by atoms with Crippen molar-refractivity contribution in [2.45, 2.75) is 57.5 Å². The maximum atomic E-state index is 10.9. The number of carboxylic acid groups (broad SMARTS) is 1. The maximum absolute atomic E-state index is 10.9. The average Bonchev–Trinajstić information content (AvgIpc) is 2.39. The van der Waals surface area contributed by atoms with Gasteiger partial charge in [-0.05, 0) is 18.8 Å². The van der Waals surface area contributed by atoms with Gasteiger partial charge in [-0.15, -0.1) is 0 Å². The van der Waals surface area contributed by atoms with Crippen molar-refractivity contribution in [2.75, 3.05) is 19.8 Å². The van der Waals surface area contributed by atoms with E-state index >= 15 is 0 Å². The summed E-state index contributed by atoms with van der Waals surface area (Å²) in [6, 6.07) is 0.661. The van der Waals surface area contributed by atoms with Gasteiger partial charge >= 0.3 is 5.97 Å². The van der Waals surface area contributed by atoms with Gasteiger partial charge in [-0.1, -0.05) is 26.2 Å². The first-order valence-electron chi connectivity index (χ1n) is 7.26. The number of carboxylic acids is 1. The van der Waals surface area contributed by atoms with E-state index in [-0.39, 0.29) is 12.5 Å². The average molecular weight is 255 g/mol. The second kappa shape index (κ2) is 6.53. The normalized spacial score (nSPS) is 34.4. The molecule has 1 saturated heterocycles. The van der Waals surface area contributed by atoms with E-state index in [1.54, 1.807) is 0 Å². The molecule has 4 heteroatoms. The van der Waals surface area contributed by atoms with Gasteiger partial charge in [-0.3, -0.25) is 9.69 Å². The molecule has 0 spiro atoms. The highest BCUT2D eigenvalue weighted by Gasteiger charge is 2.33. The third-order valence-electron chi connectivity index (χ3n) is 4.48. The van der Waals surface area contributed by atoms with Crippen LogP contribution >= 0.6 is 0 Å². The Morgan fingerprint density at radius 2 is 2.28 bits per heavy atom. The molecule has 1 heterocycles. The second-order valence-electron chi connectivity index (χ2n) is 5.66. The van der Waals surface area contributed by atoms with Gasteiger partial charge in [0.1, 0.15) is 0 Å². The van der Waals surface area contributed by atoms with E-state index in [0.29, 0.717) is 12.6 Å². The molecule has 0 aromatic carbocycles. The molecule has 2 rings (SSSR count). The van der Waals surface area contributed by atoms with Crippen LogP contribution in [0.2, 0.25) is 0 Å². The van der Waals surface area contributed by atoms with Gasteiger partial charge < -0.3 is 9.84 Å². The lowest BCUT2D eigenvalue weighted by atomic mass is 9.83. The number of carbonyl (C=O) groups is 1. The zero-order valence-electron chi connectivity index (χ0n) is 11.3. The molecule has 2 fully saturated rings. The number of hydrogen-bond acceptors (Lipinski definition) is 3. The molecule has 18 heavy (non-hydrogen) atoms. The molecule has 0 radical (unpaired) electrons. The lowest BCUT2D eigenvalue weighted by molar-refractivity contribution is -0.141. The van der Waals surface area contributed by atoms with Crippen LogP contribution in [-0.2, 0) is 9.53 Å². The molecule has 3 unspecified atom stereocenters. The Morgan fingerprint density at radius 1 is 1.44 bits per heavy atom. The second-order valence-corrected chi connectivity index (χ2v) is 5.66. The molecule has 0 amide bonds. The molecule has 0 aromatic heterocycles. The predicted molar refractivity (Wildman–Crippen MR) is 69.6 cm³/mol. The first-order valence-corrected chi connectivity index (χ1v) is 7.26. The molecule has 1 aliphatic carbocycles. The summed E-state index contributed by atoms with van der Waals surface area (Å²) in [5.41, 5.74) is 0. The number of nitrogens with zero attached hydrogens (tertiary/aromatic N) is 1. The molecular weight excluding hydrogens is 230 g/mol. The van der Waals surface area contributed by atoms with Gasteiger partial charge in [0.05, 0.1) is 19.6 Å². The molecule has 1 saturated carbocycles. The fourth-order valence-corrected chi connectivity index (χ4v) is 3.46. The van der Waals surface area contributed by atoms with Crippen LogP contribution < -0.4 is 0 Å². The molecule has 3 atom stereocenters. The van der Waals surface area contributed by atoms with Crippen molar-refractivity contribution in [3.05, 3.63) is 0 Å².